The van der Waals surface area contributed by atoms with E-state index in [-0.39, 0.29) is 0 Å². The fourth-order valence-electron chi connectivity index (χ4n) is 7.61. The summed E-state index contributed by atoms with van der Waals surface area (Å²) in [5, 5.41) is 9.61. The van der Waals surface area contributed by atoms with E-state index in [1.54, 1.807) is 0 Å². The van der Waals surface area contributed by atoms with Gasteiger partial charge < -0.3 is 9.32 Å². The molecule has 1 heterocycles. The largest absolute Gasteiger partial charge is 0.455 e. The van der Waals surface area contributed by atoms with Gasteiger partial charge in [0, 0.05) is 33.4 Å². The fraction of sp³-hybridized carbons (Fsp3) is 0. The van der Waals surface area contributed by atoms with Crippen molar-refractivity contribution in [1.29, 1.82) is 0 Å². The van der Waals surface area contributed by atoms with Crippen LogP contribution in [-0.2, 0) is 0 Å². The number of hydrogen-bond acceptors (Lipinski definition) is 2. The lowest BCUT2D eigenvalue weighted by molar-refractivity contribution is 0.670. The predicted molar refractivity (Wildman–Crippen MR) is 212 cm³/mol. The molecule has 2 heteroatoms. The maximum Gasteiger partial charge on any atom is 0.143 e. The number of benzene rings is 9. The summed E-state index contributed by atoms with van der Waals surface area (Å²) in [5.41, 5.74) is 9.70. The Morgan fingerprint density at radius 2 is 0.900 bits per heavy atom. The van der Waals surface area contributed by atoms with Crippen molar-refractivity contribution in [3.63, 3.8) is 0 Å². The quantitative estimate of drug-likeness (QED) is 0.175. The Morgan fingerprint density at radius 1 is 0.340 bits per heavy atom. The second-order valence-electron chi connectivity index (χ2n) is 12.9. The Labute approximate surface area is 290 Å². The highest BCUT2D eigenvalue weighted by atomic mass is 16.3. The average molecular weight is 638 g/mol. The molecule has 0 fully saturated rings. The molecular weight excluding hydrogens is 607 g/mol. The third kappa shape index (κ3) is 4.65. The highest BCUT2D eigenvalue weighted by Gasteiger charge is 2.20. The number of hydrogen-bond donors (Lipinski definition) is 0. The summed E-state index contributed by atoms with van der Waals surface area (Å²) < 4.78 is 6.74. The second-order valence-corrected chi connectivity index (χ2v) is 12.9. The molecule has 9 aromatic carbocycles. The molecule has 0 aliphatic heterocycles. The average Bonchev–Trinajstić information content (AvgIpc) is 3.58. The molecule has 0 amide bonds. The number of rotatable bonds is 5. The van der Waals surface area contributed by atoms with Gasteiger partial charge in [-0.15, -0.1) is 0 Å². The van der Waals surface area contributed by atoms with Crippen molar-refractivity contribution >= 4 is 71.3 Å². The van der Waals surface area contributed by atoms with Gasteiger partial charge in [-0.3, -0.25) is 0 Å². The van der Waals surface area contributed by atoms with Crippen molar-refractivity contribution in [3.05, 3.63) is 188 Å². The molecular formula is C48H31NO. The van der Waals surface area contributed by atoms with Crippen LogP contribution in [0.4, 0.5) is 17.1 Å². The van der Waals surface area contributed by atoms with E-state index in [1.165, 1.54) is 43.4 Å². The van der Waals surface area contributed by atoms with E-state index in [0.29, 0.717) is 0 Å². The fourth-order valence-corrected chi connectivity index (χ4v) is 7.61. The van der Waals surface area contributed by atoms with Crippen LogP contribution >= 0.6 is 0 Å². The van der Waals surface area contributed by atoms with Crippen LogP contribution in [0.1, 0.15) is 0 Å². The summed E-state index contributed by atoms with van der Waals surface area (Å²) in [6.45, 7) is 0. The van der Waals surface area contributed by atoms with Crippen LogP contribution in [0.2, 0.25) is 0 Å². The maximum absolute atomic E-state index is 6.74. The number of fused-ring (bicyclic) bond motifs is 8. The van der Waals surface area contributed by atoms with E-state index in [0.717, 1.165) is 50.1 Å². The molecule has 234 valence electrons. The van der Waals surface area contributed by atoms with E-state index in [4.69, 9.17) is 4.42 Å². The van der Waals surface area contributed by atoms with Crippen molar-refractivity contribution in [3.8, 4) is 22.3 Å². The molecule has 10 aromatic rings. The summed E-state index contributed by atoms with van der Waals surface area (Å²) in [6, 6.07) is 67.4. The molecule has 0 saturated heterocycles. The van der Waals surface area contributed by atoms with Crippen molar-refractivity contribution in [2.75, 3.05) is 4.90 Å². The minimum Gasteiger partial charge on any atom is -0.455 e. The van der Waals surface area contributed by atoms with Gasteiger partial charge in [0.25, 0.3) is 0 Å². The van der Waals surface area contributed by atoms with Crippen molar-refractivity contribution in [1.82, 2.24) is 0 Å². The number of nitrogens with zero attached hydrogens (tertiary/aromatic N) is 1. The van der Waals surface area contributed by atoms with Gasteiger partial charge in [0.15, 0.2) is 0 Å². The van der Waals surface area contributed by atoms with E-state index in [9.17, 15) is 0 Å². The van der Waals surface area contributed by atoms with Crippen molar-refractivity contribution in [2.24, 2.45) is 0 Å². The summed E-state index contributed by atoms with van der Waals surface area (Å²) >= 11 is 0. The minimum absolute atomic E-state index is 0.877. The molecule has 2 nitrogen and oxygen atoms in total. The molecule has 0 spiro atoms. The van der Waals surface area contributed by atoms with Gasteiger partial charge in [0.05, 0.1) is 0 Å². The molecule has 0 saturated carbocycles. The topological polar surface area (TPSA) is 16.4 Å². The lowest BCUT2D eigenvalue weighted by Crippen LogP contribution is -2.09. The standard InChI is InChI=1S/C48H31NO/c1-3-11-32(12-4-1)33-21-23-38(24-22-33)49(39-25-27-42-37(29-39)20-19-35-15-7-9-17-41(35)42)40-26-28-46-45(31-40)47-43-18-10-8-16-36(43)30-44(48(47)50-46)34-13-5-2-6-14-34/h1-31H. The summed E-state index contributed by atoms with van der Waals surface area (Å²) in [5.74, 6) is 0. The molecule has 10 rings (SSSR count). The highest BCUT2D eigenvalue weighted by Crippen LogP contribution is 2.44. The highest BCUT2D eigenvalue weighted by molar-refractivity contribution is 6.23. The summed E-state index contributed by atoms with van der Waals surface area (Å²) in [6.07, 6.45) is 0. The zero-order chi connectivity index (χ0) is 33.0. The molecule has 0 bridgehead atoms. The third-order valence-electron chi connectivity index (χ3n) is 10.0. The van der Waals surface area contributed by atoms with Gasteiger partial charge in [-0.2, -0.15) is 0 Å². The van der Waals surface area contributed by atoms with E-state index in [1.807, 2.05) is 0 Å². The summed E-state index contributed by atoms with van der Waals surface area (Å²) in [7, 11) is 0. The molecule has 0 radical (unpaired) electrons. The molecule has 0 N–H and O–H groups in total. The number of anilines is 3. The third-order valence-corrected chi connectivity index (χ3v) is 10.0. The van der Waals surface area contributed by atoms with Crippen LogP contribution in [-0.4, -0.2) is 0 Å². The van der Waals surface area contributed by atoms with Gasteiger partial charge in [0.2, 0.25) is 0 Å². The van der Waals surface area contributed by atoms with E-state index >= 15 is 0 Å². The van der Waals surface area contributed by atoms with Crippen LogP contribution < -0.4 is 4.90 Å². The molecule has 1 aromatic heterocycles. The Bertz CT molecular complexity index is 2850. The minimum atomic E-state index is 0.877. The van der Waals surface area contributed by atoms with Crippen LogP contribution in [0.5, 0.6) is 0 Å². The predicted octanol–water partition coefficient (Wildman–Crippen LogP) is 13.8. The first kappa shape index (κ1) is 28.4. The maximum atomic E-state index is 6.74. The Balaban J connectivity index is 1.20. The van der Waals surface area contributed by atoms with Crippen LogP contribution in [0, 0.1) is 0 Å². The monoisotopic (exact) mass is 637 g/mol. The van der Waals surface area contributed by atoms with Gasteiger partial charge in [-0.25, -0.2) is 0 Å². The number of furan rings is 1. The first-order chi connectivity index (χ1) is 24.8. The summed E-state index contributed by atoms with van der Waals surface area (Å²) in [4.78, 5) is 2.37. The first-order valence-electron chi connectivity index (χ1n) is 17.1. The van der Waals surface area contributed by atoms with Crippen LogP contribution in [0.25, 0.3) is 76.5 Å². The first-order valence-corrected chi connectivity index (χ1v) is 17.1. The molecule has 0 unspecified atom stereocenters. The van der Waals surface area contributed by atoms with Gasteiger partial charge in [-0.05, 0) is 97.5 Å². The van der Waals surface area contributed by atoms with Crippen LogP contribution in [0.3, 0.4) is 0 Å². The zero-order valence-electron chi connectivity index (χ0n) is 27.3. The molecule has 0 aliphatic carbocycles. The zero-order valence-corrected chi connectivity index (χ0v) is 27.3. The lowest BCUT2D eigenvalue weighted by atomic mass is 9.96. The van der Waals surface area contributed by atoms with Gasteiger partial charge in [0.1, 0.15) is 11.2 Å². The molecule has 0 atom stereocenters. The van der Waals surface area contributed by atoms with E-state index in [2.05, 4.69) is 193 Å². The molecule has 50 heavy (non-hydrogen) atoms. The second kappa shape index (κ2) is 11.5. The Kier molecular flexibility index (Phi) is 6.53. The Hall–Kier alpha value is -6.64. The van der Waals surface area contributed by atoms with Crippen LogP contribution in [0.15, 0.2) is 192 Å². The Morgan fingerprint density at radius 3 is 1.70 bits per heavy atom. The van der Waals surface area contributed by atoms with Gasteiger partial charge >= 0.3 is 0 Å². The van der Waals surface area contributed by atoms with Crippen molar-refractivity contribution in [2.45, 2.75) is 0 Å². The normalized spacial score (nSPS) is 11.6. The van der Waals surface area contributed by atoms with E-state index < -0.39 is 0 Å². The van der Waals surface area contributed by atoms with Gasteiger partial charge in [-0.1, -0.05) is 140 Å². The lowest BCUT2D eigenvalue weighted by Gasteiger charge is -2.26. The smallest absolute Gasteiger partial charge is 0.143 e. The SMILES string of the molecule is c1ccc(-c2ccc(N(c3ccc4c(ccc5ccccc54)c3)c3ccc4oc5c(-c6ccccc6)cc6ccccc6c5c4c3)cc2)cc1. The molecule has 0 aliphatic rings. The van der Waals surface area contributed by atoms with Crippen molar-refractivity contribution < 1.29 is 4.42 Å².